The molecule has 0 spiro atoms. The Labute approximate surface area is 123 Å². The van der Waals surface area contributed by atoms with Crippen molar-refractivity contribution in [1.29, 1.82) is 0 Å². The molecule has 0 heterocycles. The van der Waals surface area contributed by atoms with Crippen LogP contribution in [-0.4, -0.2) is 0 Å². The lowest BCUT2D eigenvalue weighted by atomic mass is 9.71. The van der Waals surface area contributed by atoms with Crippen LogP contribution in [0.5, 0.6) is 0 Å². The van der Waals surface area contributed by atoms with Gasteiger partial charge in [-0.15, -0.1) is 0 Å². The van der Waals surface area contributed by atoms with Gasteiger partial charge < -0.3 is 5.73 Å². The van der Waals surface area contributed by atoms with Gasteiger partial charge in [-0.2, -0.15) is 0 Å². The van der Waals surface area contributed by atoms with Crippen LogP contribution in [0.1, 0.15) is 42.9 Å². The molecule has 2 aromatic rings. The molecular formula is C18H19F2N. The number of rotatable bonds is 3. The SMILES string of the molecule is NC(c1cc(F)cc(F)c1)C1(c2ccccc2)CCCC1. The summed E-state index contributed by atoms with van der Waals surface area (Å²) in [5, 5.41) is 0. The van der Waals surface area contributed by atoms with E-state index in [1.54, 1.807) is 0 Å². The van der Waals surface area contributed by atoms with E-state index in [0.717, 1.165) is 31.7 Å². The summed E-state index contributed by atoms with van der Waals surface area (Å²) in [5.41, 5.74) is 7.96. The first kappa shape index (κ1) is 14.2. The van der Waals surface area contributed by atoms with Crippen LogP contribution in [0.2, 0.25) is 0 Å². The maximum atomic E-state index is 13.5. The number of hydrogen-bond acceptors (Lipinski definition) is 1. The fourth-order valence-corrected chi connectivity index (χ4v) is 3.63. The third kappa shape index (κ3) is 2.58. The van der Waals surface area contributed by atoms with Crippen molar-refractivity contribution in [2.45, 2.75) is 37.1 Å². The third-order valence-electron chi connectivity index (χ3n) is 4.68. The van der Waals surface area contributed by atoms with E-state index in [9.17, 15) is 8.78 Å². The van der Waals surface area contributed by atoms with Crippen molar-refractivity contribution in [2.75, 3.05) is 0 Å². The topological polar surface area (TPSA) is 26.0 Å². The van der Waals surface area contributed by atoms with Gasteiger partial charge in [-0.3, -0.25) is 0 Å². The maximum Gasteiger partial charge on any atom is 0.126 e. The molecule has 110 valence electrons. The summed E-state index contributed by atoms with van der Waals surface area (Å²) < 4.78 is 27.0. The van der Waals surface area contributed by atoms with Gasteiger partial charge in [-0.05, 0) is 36.1 Å². The quantitative estimate of drug-likeness (QED) is 0.885. The minimum absolute atomic E-state index is 0.221. The Morgan fingerprint density at radius 2 is 1.48 bits per heavy atom. The fourth-order valence-electron chi connectivity index (χ4n) is 3.63. The van der Waals surface area contributed by atoms with Crippen LogP contribution in [0.25, 0.3) is 0 Å². The Hall–Kier alpha value is -1.74. The van der Waals surface area contributed by atoms with Gasteiger partial charge >= 0.3 is 0 Å². The highest BCUT2D eigenvalue weighted by Gasteiger charge is 2.41. The lowest BCUT2D eigenvalue weighted by Gasteiger charge is -2.36. The minimum atomic E-state index is -0.568. The van der Waals surface area contributed by atoms with Gasteiger partial charge in [0, 0.05) is 17.5 Å². The van der Waals surface area contributed by atoms with E-state index >= 15 is 0 Å². The maximum absolute atomic E-state index is 13.5. The Balaban J connectivity index is 2.05. The van der Waals surface area contributed by atoms with Gasteiger partial charge in [-0.25, -0.2) is 8.78 Å². The predicted molar refractivity (Wildman–Crippen MR) is 79.9 cm³/mol. The van der Waals surface area contributed by atoms with Crippen molar-refractivity contribution >= 4 is 0 Å². The van der Waals surface area contributed by atoms with Gasteiger partial charge in [0.15, 0.2) is 0 Å². The molecule has 0 aromatic heterocycles. The van der Waals surface area contributed by atoms with E-state index in [0.29, 0.717) is 5.56 Å². The second kappa shape index (κ2) is 5.57. The number of hydrogen-bond donors (Lipinski definition) is 1. The molecule has 3 rings (SSSR count). The molecule has 2 aromatic carbocycles. The van der Waals surface area contributed by atoms with Crippen molar-refractivity contribution < 1.29 is 8.78 Å². The predicted octanol–water partition coefficient (Wildman–Crippen LogP) is 4.48. The molecule has 0 saturated heterocycles. The first-order chi connectivity index (χ1) is 10.1. The second-order valence-electron chi connectivity index (χ2n) is 5.91. The van der Waals surface area contributed by atoms with Gasteiger partial charge in [0.05, 0.1) is 0 Å². The van der Waals surface area contributed by atoms with Crippen molar-refractivity contribution in [2.24, 2.45) is 5.73 Å². The van der Waals surface area contributed by atoms with E-state index in [-0.39, 0.29) is 5.41 Å². The summed E-state index contributed by atoms with van der Waals surface area (Å²) in [4.78, 5) is 0. The van der Waals surface area contributed by atoms with Gasteiger partial charge in [0.25, 0.3) is 0 Å². The van der Waals surface area contributed by atoms with E-state index in [4.69, 9.17) is 5.73 Å². The van der Waals surface area contributed by atoms with Crippen LogP contribution in [0.3, 0.4) is 0 Å². The zero-order valence-electron chi connectivity index (χ0n) is 11.9. The van der Waals surface area contributed by atoms with E-state index in [2.05, 4.69) is 12.1 Å². The zero-order chi connectivity index (χ0) is 14.9. The molecule has 1 aliphatic rings. The molecule has 3 heteroatoms. The fraction of sp³-hybridized carbons (Fsp3) is 0.333. The van der Waals surface area contributed by atoms with E-state index in [1.807, 2.05) is 18.2 Å². The van der Waals surface area contributed by atoms with Crippen LogP contribution in [0, 0.1) is 11.6 Å². The van der Waals surface area contributed by atoms with Crippen LogP contribution in [-0.2, 0) is 5.41 Å². The monoisotopic (exact) mass is 287 g/mol. The number of nitrogens with two attached hydrogens (primary N) is 1. The van der Waals surface area contributed by atoms with Crippen molar-refractivity contribution in [1.82, 2.24) is 0 Å². The lowest BCUT2D eigenvalue weighted by Crippen LogP contribution is -2.36. The largest absolute Gasteiger partial charge is 0.323 e. The molecular weight excluding hydrogens is 268 g/mol. The average Bonchev–Trinajstić information content (AvgIpc) is 2.97. The average molecular weight is 287 g/mol. The first-order valence-electron chi connectivity index (χ1n) is 7.39. The highest BCUT2D eigenvalue weighted by atomic mass is 19.1. The normalized spacial score (nSPS) is 18.6. The molecule has 0 amide bonds. The summed E-state index contributed by atoms with van der Waals surface area (Å²) in [7, 11) is 0. The van der Waals surface area contributed by atoms with Crippen molar-refractivity contribution in [3.8, 4) is 0 Å². The van der Waals surface area contributed by atoms with Gasteiger partial charge in [0.2, 0.25) is 0 Å². The molecule has 1 atom stereocenters. The standard InChI is InChI=1S/C18H19F2N/c19-15-10-13(11-16(20)12-15)17(21)18(8-4-5-9-18)14-6-2-1-3-7-14/h1-3,6-7,10-12,17H,4-5,8-9,21H2. The van der Waals surface area contributed by atoms with Gasteiger partial charge in [0.1, 0.15) is 11.6 Å². The second-order valence-corrected chi connectivity index (χ2v) is 5.91. The smallest absolute Gasteiger partial charge is 0.126 e. The number of halogens is 2. The molecule has 1 unspecified atom stereocenters. The highest BCUT2D eigenvalue weighted by molar-refractivity contribution is 5.34. The van der Waals surface area contributed by atoms with Crippen LogP contribution < -0.4 is 5.73 Å². The van der Waals surface area contributed by atoms with E-state index in [1.165, 1.54) is 17.7 Å². The Morgan fingerprint density at radius 1 is 0.905 bits per heavy atom. The molecule has 1 nitrogen and oxygen atoms in total. The molecule has 21 heavy (non-hydrogen) atoms. The van der Waals surface area contributed by atoms with Gasteiger partial charge in [-0.1, -0.05) is 43.2 Å². The molecule has 0 bridgehead atoms. The lowest BCUT2D eigenvalue weighted by molar-refractivity contribution is 0.354. The summed E-state index contributed by atoms with van der Waals surface area (Å²) in [6.07, 6.45) is 4.10. The van der Waals surface area contributed by atoms with Crippen molar-refractivity contribution in [3.63, 3.8) is 0 Å². The number of benzene rings is 2. The summed E-state index contributed by atoms with van der Waals surface area (Å²) in [6.45, 7) is 0. The van der Waals surface area contributed by atoms with Crippen LogP contribution in [0.15, 0.2) is 48.5 Å². The summed E-state index contributed by atoms with van der Waals surface area (Å²) >= 11 is 0. The highest BCUT2D eigenvalue weighted by Crippen LogP contribution is 2.48. The van der Waals surface area contributed by atoms with Crippen LogP contribution >= 0.6 is 0 Å². The Kier molecular flexibility index (Phi) is 3.77. The zero-order valence-corrected chi connectivity index (χ0v) is 11.9. The molecule has 1 fully saturated rings. The van der Waals surface area contributed by atoms with E-state index < -0.39 is 17.7 Å². The Bertz CT molecular complexity index is 598. The Morgan fingerprint density at radius 3 is 2.05 bits per heavy atom. The first-order valence-corrected chi connectivity index (χ1v) is 7.39. The third-order valence-corrected chi connectivity index (χ3v) is 4.68. The van der Waals surface area contributed by atoms with Crippen LogP contribution in [0.4, 0.5) is 8.78 Å². The molecule has 0 radical (unpaired) electrons. The summed E-state index contributed by atoms with van der Waals surface area (Å²) in [6, 6.07) is 13.3. The minimum Gasteiger partial charge on any atom is -0.323 e. The van der Waals surface area contributed by atoms with Crippen molar-refractivity contribution in [3.05, 3.63) is 71.3 Å². The molecule has 1 aliphatic carbocycles. The molecule has 2 N–H and O–H groups in total. The summed E-state index contributed by atoms with van der Waals surface area (Å²) in [5.74, 6) is -1.14. The molecule has 1 saturated carbocycles. The molecule has 0 aliphatic heterocycles.